The summed E-state index contributed by atoms with van der Waals surface area (Å²) in [5, 5.41) is 15.7. The molecule has 1 aliphatic rings. The quantitative estimate of drug-likeness (QED) is 0.729. The fraction of sp³-hybridized carbons (Fsp3) is 0.562. The second-order valence-corrected chi connectivity index (χ2v) is 5.53. The number of carbonyl (C=O) groups is 1. The third-order valence-corrected chi connectivity index (χ3v) is 3.84. The summed E-state index contributed by atoms with van der Waals surface area (Å²) in [6.07, 6.45) is 3.38. The minimum atomic E-state index is -0.188. The lowest BCUT2D eigenvalue weighted by Crippen LogP contribution is -2.40. The molecule has 4 heteroatoms. The van der Waals surface area contributed by atoms with Crippen molar-refractivity contribution >= 4 is 5.91 Å². The summed E-state index contributed by atoms with van der Waals surface area (Å²) in [7, 11) is 0. The van der Waals surface area contributed by atoms with E-state index in [1.807, 2.05) is 30.3 Å². The van der Waals surface area contributed by atoms with Crippen molar-refractivity contribution in [1.82, 2.24) is 10.6 Å². The number of aliphatic hydroxyl groups excluding tert-OH is 1. The standard InChI is InChI=1S/C16H24N2O2/c19-12-15(10-13-4-2-1-3-5-13)18-16(20)11-14-6-8-17-9-7-14/h1-5,14-15,17,19H,6-12H2,(H,18,20). The van der Waals surface area contributed by atoms with Gasteiger partial charge in [-0.25, -0.2) is 0 Å². The zero-order chi connectivity index (χ0) is 14.2. The molecule has 0 saturated carbocycles. The Bertz CT molecular complexity index is 402. The number of hydrogen-bond donors (Lipinski definition) is 3. The van der Waals surface area contributed by atoms with Crippen LogP contribution >= 0.6 is 0 Å². The fourth-order valence-electron chi connectivity index (χ4n) is 2.69. The van der Waals surface area contributed by atoms with Crippen molar-refractivity contribution in [2.45, 2.75) is 31.7 Å². The van der Waals surface area contributed by atoms with Gasteiger partial charge >= 0.3 is 0 Å². The number of nitrogens with one attached hydrogen (secondary N) is 2. The van der Waals surface area contributed by atoms with E-state index in [1.165, 1.54) is 0 Å². The Morgan fingerprint density at radius 2 is 2.00 bits per heavy atom. The second-order valence-electron chi connectivity index (χ2n) is 5.53. The first-order valence-electron chi connectivity index (χ1n) is 7.43. The van der Waals surface area contributed by atoms with Crippen molar-refractivity contribution in [2.24, 2.45) is 5.92 Å². The average molecular weight is 276 g/mol. The first kappa shape index (κ1) is 15.0. The van der Waals surface area contributed by atoms with Gasteiger partial charge < -0.3 is 15.7 Å². The lowest BCUT2D eigenvalue weighted by Gasteiger charge is -2.23. The number of piperidine rings is 1. The van der Waals surface area contributed by atoms with Crippen LogP contribution in [0.4, 0.5) is 0 Å². The molecule has 110 valence electrons. The van der Waals surface area contributed by atoms with Gasteiger partial charge in [0.2, 0.25) is 5.91 Å². The van der Waals surface area contributed by atoms with Crippen LogP contribution < -0.4 is 10.6 Å². The Hall–Kier alpha value is -1.39. The molecule has 0 bridgehead atoms. The SMILES string of the molecule is O=C(CC1CCNCC1)NC(CO)Cc1ccccc1. The molecule has 2 rings (SSSR count). The van der Waals surface area contributed by atoms with Crippen LogP contribution in [0.25, 0.3) is 0 Å². The lowest BCUT2D eigenvalue weighted by atomic mass is 9.94. The highest BCUT2D eigenvalue weighted by Gasteiger charge is 2.18. The van der Waals surface area contributed by atoms with E-state index in [-0.39, 0.29) is 18.6 Å². The zero-order valence-corrected chi connectivity index (χ0v) is 11.8. The van der Waals surface area contributed by atoms with E-state index in [0.717, 1.165) is 31.5 Å². The van der Waals surface area contributed by atoms with Crippen molar-refractivity contribution in [3.05, 3.63) is 35.9 Å². The summed E-state index contributed by atoms with van der Waals surface area (Å²) >= 11 is 0. The molecular weight excluding hydrogens is 252 g/mol. The zero-order valence-electron chi connectivity index (χ0n) is 11.8. The first-order valence-corrected chi connectivity index (χ1v) is 7.43. The molecule has 1 saturated heterocycles. The van der Waals surface area contributed by atoms with Crippen LogP contribution in [0.5, 0.6) is 0 Å². The van der Waals surface area contributed by atoms with Crippen LogP contribution in [0.1, 0.15) is 24.8 Å². The van der Waals surface area contributed by atoms with Gasteiger partial charge in [0, 0.05) is 6.42 Å². The molecular formula is C16H24N2O2. The van der Waals surface area contributed by atoms with Crippen molar-refractivity contribution in [2.75, 3.05) is 19.7 Å². The molecule has 1 aliphatic heterocycles. The van der Waals surface area contributed by atoms with E-state index in [9.17, 15) is 9.90 Å². The summed E-state index contributed by atoms with van der Waals surface area (Å²) in [6.45, 7) is 1.99. The molecule has 1 heterocycles. The third kappa shape index (κ3) is 4.94. The molecule has 0 spiro atoms. The van der Waals surface area contributed by atoms with Crippen LogP contribution in [0.3, 0.4) is 0 Å². The van der Waals surface area contributed by atoms with Crippen molar-refractivity contribution in [3.63, 3.8) is 0 Å². The van der Waals surface area contributed by atoms with Crippen molar-refractivity contribution in [3.8, 4) is 0 Å². The monoisotopic (exact) mass is 276 g/mol. The van der Waals surface area contributed by atoms with E-state index in [1.54, 1.807) is 0 Å². The molecule has 3 N–H and O–H groups in total. The maximum absolute atomic E-state index is 12.0. The van der Waals surface area contributed by atoms with Crippen LogP contribution in [0.15, 0.2) is 30.3 Å². The molecule has 0 aliphatic carbocycles. The number of benzene rings is 1. The van der Waals surface area contributed by atoms with E-state index in [0.29, 0.717) is 18.8 Å². The smallest absolute Gasteiger partial charge is 0.220 e. The van der Waals surface area contributed by atoms with Gasteiger partial charge in [0.05, 0.1) is 12.6 Å². The van der Waals surface area contributed by atoms with Gasteiger partial charge in [-0.05, 0) is 43.8 Å². The molecule has 0 radical (unpaired) electrons. The molecule has 1 aromatic carbocycles. The summed E-state index contributed by atoms with van der Waals surface area (Å²) in [5.41, 5.74) is 1.13. The van der Waals surface area contributed by atoms with Gasteiger partial charge in [0.15, 0.2) is 0 Å². The average Bonchev–Trinajstić information content (AvgIpc) is 2.48. The highest BCUT2D eigenvalue weighted by atomic mass is 16.3. The number of rotatable bonds is 6. The molecule has 1 fully saturated rings. The van der Waals surface area contributed by atoms with E-state index < -0.39 is 0 Å². The number of aliphatic hydroxyl groups is 1. The maximum Gasteiger partial charge on any atom is 0.220 e. The van der Waals surface area contributed by atoms with Gasteiger partial charge in [-0.2, -0.15) is 0 Å². The van der Waals surface area contributed by atoms with E-state index >= 15 is 0 Å². The van der Waals surface area contributed by atoms with Gasteiger partial charge in [-0.1, -0.05) is 30.3 Å². The van der Waals surface area contributed by atoms with Crippen molar-refractivity contribution in [1.29, 1.82) is 0 Å². The van der Waals surface area contributed by atoms with Crippen LogP contribution in [0, 0.1) is 5.92 Å². The fourth-order valence-corrected chi connectivity index (χ4v) is 2.69. The Morgan fingerprint density at radius 1 is 1.30 bits per heavy atom. The molecule has 4 nitrogen and oxygen atoms in total. The molecule has 1 aromatic rings. The Kier molecular flexibility index (Phi) is 6.02. The second kappa shape index (κ2) is 8.02. The highest BCUT2D eigenvalue weighted by Crippen LogP contribution is 2.15. The highest BCUT2D eigenvalue weighted by molar-refractivity contribution is 5.76. The molecule has 20 heavy (non-hydrogen) atoms. The minimum Gasteiger partial charge on any atom is -0.394 e. The summed E-state index contributed by atoms with van der Waals surface area (Å²) < 4.78 is 0. The van der Waals surface area contributed by atoms with E-state index in [2.05, 4.69) is 10.6 Å². The van der Waals surface area contributed by atoms with Gasteiger partial charge in [-0.15, -0.1) is 0 Å². The number of hydrogen-bond acceptors (Lipinski definition) is 3. The molecule has 1 unspecified atom stereocenters. The predicted octanol–water partition coefficient (Wildman–Crippen LogP) is 1.10. The van der Waals surface area contributed by atoms with Crippen LogP contribution in [0.2, 0.25) is 0 Å². The summed E-state index contributed by atoms with van der Waals surface area (Å²) in [4.78, 5) is 12.0. The predicted molar refractivity (Wildman–Crippen MR) is 79.4 cm³/mol. The van der Waals surface area contributed by atoms with Crippen molar-refractivity contribution < 1.29 is 9.90 Å². The van der Waals surface area contributed by atoms with Gasteiger partial charge in [0.25, 0.3) is 0 Å². The lowest BCUT2D eigenvalue weighted by molar-refractivity contribution is -0.123. The van der Waals surface area contributed by atoms with Gasteiger partial charge in [-0.3, -0.25) is 4.79 Å². The molecule has 1 atom stereocenters. The van der Waals surface area contributed by atoms with Crippen LogP contribution in [-0.4, -0.2) is 36.8 Å². The van der Waals surface area contributed by atoms with E-state index in [4.69, 9.17) is 0 Å². The largest absolute Gasteiger partial charge is 0.394 e. The summed E-state index contributed by atoms with van der Waals surface area (Å²) in [6, 6.07) is 9.75. The number of carbonyl (C=O) groups excluding carboxylic acids is 1. The topological polar surface area (TPSA) is 61.4 Å². The van der Waals surface area contributed by atoms with Crippen LogP contribution in [-0.2, 0) is 11.2 Å². The summed E-state index contributed by atoms with van der Waals surface area (Å²) in [5.74, 6) is 0.541. The molecule has 0 aromatic heterocycles. The molecule has 1 amide bonds. The minimum absolute atomic E-state index is 0.0210. The number of amides is 1. The Labute approximate surface area is 120 Å². The third-order valence-electron chi connectivity index (χ3n) is 3.84. The first-order chi connectivity index (χ1) is 9.78. The van der Waals surface area contributed by atoms with Gasteiger partial charge in [0.1, 0.15) is 0 Å². The Morgan fingerprint density at radius 3 is 2.65 bits per heavy atom. The normalized spacial score (nSPS) is 17.6. The maximum atomic E-state index is 12.0. The Balaban J connectivity index is 1.78.